The quantitative estimate of drug-likeness (QED) is 0.173. The molecule has 70 heavy (non-hydrogen) atoms. The lowest BCUT2D eigenvalue weighted by Crippen LogP contribution is -2.49. The Morgan fingerprint density at radius 2 is 0.814 bits per heavy atom. The van der Waals surface area contributed by atoms with Gasteiger partial charge in [-0.3, -0.25) is 0 Å². The molecule has 356 valence electrons. The molecule has 13 rings (SSSR count). The van der Waals surface area contributed by atoms with Crippen molar-refractivity contribution in [3.8, 4) is 39.6 Å². The number of fused-ring (bicyclic) bond motifs is 6. The van der Waals surface area contributed by atoms with Crippen molar-refractivity contribution in [1.29, 1.82) is 0 Å². The van der Waals surface area contributed by atoms with Gasteiger partial charge in [-0.25, -0.2) is 15.0 Å². The van der Waals surface area contributed by atoms with E-state index >= 15 is 0 Å². The number of benzene rings is 6. The summed E-state index contributed by atoms with van der Waals surface area (Å²) in [6, 6.07) is 46.8. The largest absolute Gasteiger partial charge is 0.309 e. The number of nitrogens with zero attached hydrogens (tertiary/aromatic N) is 4. The molecular formula is C66H72N4. The van der Waals surface area contributed by atoms with Crippen molar-refractivity contribution in [3.05, 3.63) is 166 Å². The molecule has 5 aliphatic rings. The van der Waals surface area contributed by atoms with E-state index in [1.54, 1.807) is 0 Å². The minimum Gasteiger partial charge on any atom is -0.309 e. The standard InChI is InChI=1S/C66H72N4/c1-62(2,3)42-21-25-47-51(32-42)52-33-43(63(4,5)6)22-26-48(52)58(47)46-17-13-14-18-49(46)59-67-60(69-61(68-59)66-36-39-29-40(37-66)31-41(30-39)38-66)50-19-15-16-20-55(50)70-56-27-23-44(64(7,8)9)34-53(56)54-35-45(65(10,11)12)24-28-57(54)70/h13-28,32-35,39-41,58H,29-31,36-38H2,1-12H3. The minimum absolute atomic E-state index is 0.0147. The Balaban J connectivity index is 1.09. The maximum Gasteiger partial charge on any atom is 0.165 e. The van der Waals surface area contributed by atoms with Crippen LogP contribution in [0.2, 0.25) is 0 Å². The molecule has 0 aliphatic heterocycles. The average Bonchev–Trinajstić information content (AvgIpc) is 3.81. The smallest absolute Gasteiger partial charge is 0.165 e. The predicted octanol–water partition coefficient (Wildman–Crippen LogP) is 17.1. The number of hydrogen-bond acceptors (Lipinski definition) is 3. The average molecular weight is 921 g/mol. The Labute approximate surface area is 417 Å². The Kier molecular flexibility index (Phi) is 10.1. The van der Waals surface area contributed by atoms with E-state index in [4.69, 9.17) is 15.0 Å². The van der Waals surface area contributed by atoms with E-state index in [-0.39, 0.29) is 33.0 Å². The molecule has 8 aromatic rings. The van der Waals surface area contributed by atoms with E-state index in [1.807, 2.05) is 0 Å². The van der Waals surface area contributed by atoms with Crippen LogP contribution in [0.25, 0.3) is 61.4 Å². The van der Waals surface area contributed by atoms with Crippen molar-refractivity contribution >= 4 is 21.8 Å². The zero-order valence-electron chi connectivity index (χ0n) is 43.9. The number of rotatable bonds is 5. The Morgan fingerprint density at radius 3 is 1.30 bits per heavy atom. The SMILES string of the molecule is CC(C)(C)c1ccc2c(c1)-c1cc(C(C)(C)C)ccc1C2c1ccccc1-c1nc(-c2ccccc2-n2c3ccc(C(C)(C)C)cc3c3cc(C(C)(C)C)ccc32)nc(C23CC4CC(CC(C4)C2)C3)n1. The molecule has 4 bridgehead atoms. The van der Waals surface area contributed by atoms with E-state index < -0.39 is 0 Å². The molecule has 2 aromatic heterocycles. The summed E-state index contributed by atoms with van der Waals surface area (Å²) in [6.07, 6.45) is 7.64. The number of para-hydroxylation sites is 1. The fourth-order valence-electron chi connectivity index (χ4n) is 13.8. The maximum absolute atomic E-state index is 5.78. The van der Waals surface area contributed by atoms with Crippen molar-refractivity contribution in [2.24, 2.45) is 17.8 Å². The molecule has 0 N–H and O–H groups in total. The summed E-state index contributed by atoms with van der Waals surface area (Å²) in [5.41, 5.74) is 17.8. The summed E-state index contributed by atoms with van der Waals surface area (Å²) in [5, 5.41) is 2.56. The van der Waals surface area contributed by atoms with Crippen molar-refractivity contribution in [2.75, 3.05) is 0 Å². The van der Waals surface area contributed by atoms with Crippen LogP contribution in [0, 0.1) is 17.8 Å². The third-order valence-corrected chi connectivity index (χ3v) is 17.3. The van der Waals surface area contributed by atoms with Crippen LogP contribution >= 0.6 is 0 Å². The first-order valence-electron chi connectivity index (χ1n) is 26.5. The molecule has 0 atom stereocenters. The van der Waals surface area contributed by atoms with Crippen LogP contribution in [0.1, 0.15) is 172 Å². The molecule has 4 heteroatoms. The van der Waals surface area contributed by atoms with Gasteiger partial charge in [0, 0.05) is 33.2 Å². The van der Waals surface area contributed by atoms with Crippen LogP contribution in [0.4, 0.5) is 0 Å². The summed E-state index contributed by atoms with van der Waals surface area (Å²) in [6.45, 7) is 27.9. The van der Waals surface area contributed by atoms with Crippen LogP contribution in [-0.2, 0) is 27.1 Å². The normalized spacial score (nSPS) is 21.2. The summed E-state index contributed by atoms with van der Waals surface area (Å²) in [5.74, 6) is 4.88. The number of aromatic nitrogens is 4. The summed E-state index contributed by atoms with van der Waals surface area (Å²) >= 11 is 0. The highest BCUT2D eigenvalue weighted by molar-refractivity contribution is 6.10. The molecule has 6 aromatic carbocycles. The second kappa shape index (κ2) is 15.6. The highest BCUT2D eigenvalue weighted by Crippen LogP contribution is 2.61. The van der Waals surface area contributed by atoms with Crippen molar-refractivity contribution in [2.45, 2.75) is 155 Å². The van der Waals surface area contributed by atoms with E-state index in [0.717, 1.165) is 52.0 Å². The van der Waals surface area contributed by atoms with Gasteiger partial charge in [-0.05, 0) is 164 Å². The van der Waals surface area contributed by atoms with Gasteiger partial charge in [-0.1, -0.05) is 168 Å². The van der Waals surface area contributed by atoms with Gasteiger partial charge in [-0.15, -0.1) is 0 Å². The fraction of sp³-hybridized carbons (Fsp3) is 0.409. The van der Waals surface area contributed by atoms with Crippen LogP contribution in [-0.4, -0.2) is 19.5 Å². The highest BCUT2D eigenvalue weighted by Gasteiger charge is 2.53. The van der Waals surface area contributed by atoms with Crippen LogP contribution in [0.5, 0.6) is 0 Å². The monoisotopic (exact) mass is 921 g/mol. The van der Waals surface area contributed by atoms with E-state index in [2.05, 4.69) is 209 Å². The second-order valence-electron chi connectivity index (χ2n) is 26.4. The molecule has 4 saturated carbocycles. The lowest BCUT2D eigenvalue weighted by molar-refractivity contribution is -0.00938. The Bertz CT molecular complexity index is 3240. The van der Waals surface area contributed by atoms with E-state index in [9.17, 15) is 0 Å². The van der Waals surface area contributed by atoms with Gasteiger partial charge in [0.1, 0.15) is 5.82 Å². The zero-order chi connectivity index (χ0) is 48.9. The predicted molar refractivity (Wildman–Crippen MR) is 293 cm³/mol. The molecule has 2 heterocycles. The van der Waals surface area contributed by atoms with Gasteiger partial charge in [0.2, 0.25) is 0 Å². The van der Waals surface area contributed by atoms with E-state index in [0.29, 0.717) is 0 Å². The first-order valence-corrected chi connectivity index (χ1v) is 26.5. The lowest BCUT2D eigenvalue weighted by atomic mass is 9.49. The van der Waals surface area contributed by atoms with Gasteiger partial charge in [-0.2, -0.15) is 0 Å². The molecule has 0 spiro atoms. The molecular weight excluding hydrogens is 849 g/mol. The molecule has 0 unspecified atom stereocenters. The van der Waals surface area contributed by atoms with Crippen LogP contribution in [0.3, 0.4) is 0 Å². The lowest BCUT2D eigenvalue weighted by Gasteiger charge is -2.56. The van der Waals surface area contributed by atoms with Crippen LogP contribution < -0.4 is 0 Å². The van der Waals surface area contributed by atoms with Gasteiger partial charge >= 0.3 is 0 Å². The van der Waals surface area contributed by atoms with Gasteiger partial charge in [0.15, 0.2) is 11.6 Å². The van der Waals surface area contributed by atoms with Gasteiger partial charge < -0.3 is 4.57 Å². The molecule has 4 nitrogen and oxygen atoms in total. The molecule has 0 radical (unpaired) electrons. The molecule has 5 aliphatic carbocycles. The Hall–Kier alpha value is -5.87. The minimum atomic E-state index is -0.0378. The molecule has 0 saturated heterocycles. The summed E-state index contributed by atoms with van der Waals surface area (Å²) < 4.78 is 2.49. The number of hydrogen-bond donors (Lipinski definition) is 0. The topological polar surface area (TPSA) is 43.6 Å². The third kappa shape index (κ3) is 7.40. The fourth-order valence-corrected chi connectivity index (χ4v) is 13.8. The first kappa shape index (κ1) is 45.3. The van der Waals surface area contributed by atoms with Crippen molar-refractivity contribution in [3.63, 3.8) is 0 Å². The van der Waals surface area contributed by atoms with Crippen LogP contribution in [0.15, 0.2) is 121 Å². The van der Waals surface area contributed by atoms with Gasteiger partial charge in [0.25, 0.3) is 0 Å². The van der Waals surface area contributed by atoms with Crippen molar-refractivity contribution in [1.82, 2.24) is 19.5 Å². The molecule has 4 fully saturated rings. The molecule has 0 amide bonds. The van der Waals surface area contributed by atoms with Crippen molar-refractivity contribution < 1.29 is 0 Å². The summed E-state index contributed by atoms with van der Waals surface area (Å²) in [7, 11) is 0. The summed E-state index contributed by atoms with van der Waals surface area (Å²) in [4.78, 5) is 17.3. The second-order valence-corrected chi connectivity index (χ2v) is 26.4. The Morgan fingerprint density at radius 1 is 0.414 bits per heavy atom. The first-order chi connectivity index (χ1) is 33.1. The highest BCUT2D eigenvalue weighted by atomic mass is 15.1. The van der Waals surface area contributed by atoms with E-state index in [1.165, 1.54) is 110 Å². The van der Waals surface area contributed by atoms with Gasteiger partial charge in [0.05, 0.1) is 16.7 Å². The maximum atomic E-state index is 5.78. The third-order valence-electron chi connectivity index (χ3n) is 17.3. The zero-order valence-corrected chi connectivity index (χ0v) is 43.9.